The Morgan fingerprint density at radius 2 is 1.30 bits per heavy atom. The number of aryl methyl sites for hydroxylation is 4. The Kier molecular flexibility index (Phi) is 8.53. The molecule has 1 fully saturated rings. The third-order valence-corrected chi connectivity index (χ3v) is 6.84. The summed E-state index contributed by atoms with van der Waals surface area (Å²) in [4.78, 5) is 2.46. The van der Waals surface area contributed by atoms with E-state index < -0.39 is 0 Å². The lowest BCUT2D eigenvalue weighted by molar-refractivity contribution is 0.0292. The maximum atomic E-state index is 6.95. The van der Waals surface area contributed by atoms with Crippen LogP contribution in [0.2, 0.25) is 0 Å². The summed E-state index contributed by atoms with van der Waals surface area (Å²) in [5.74, 6) is 0.629. The molecule has 164 valence electrons. The number of likely N-dealkylation sites (tertiary alicyclic amines) is 1. The number of rotatable bonds is 9. The topological polar surface area (TPSA) is 12.5 Å². The first kappa shape index (κ1) is 23.0. The SMILES string of the molecule is CCc1cccc(CC)c1C(OC[C@@H]1CCCN(C)C1)c1c(CC)cccc1CC. The van der Waals surface area contributed by atoms with E-state index in [9.17, 15) is 0 Å². The first-order valence-corrected chi connectivity index (χ1v) is 12.1. The highest BCUT2D eigenvalue weighted by Gasteiger charge is 2.27. The van der Waals surface area contributed by atoms with Crippen LogP contribution in [0.15, 0.2) is 36.4 Å². The molecule has 0 unspecified atom stereocenters. The smallest absolute Gasteiger partial charge is 0.109 e. The Morgan fingerprint density at radius 3 is 1.70 bits per heavy atom. The zero-order chi connectivity index (χ0) is 21.5. The maximum absolute atomic E-state index is 6.95. The van der Waals surface area contributed by atoms with Gasteiger partial charge in [0.05, 0.1) is 6.61 Å². The van der Waals surface area contributed by atoms with Crippen LogP contribution in [-0.2, 0) is 30.4 Å². The minimum absolute atomic E-state index is 0.0365. The van der Waals surface area contributed by atoms with Gasteiger partial charge in [0.25, 0.3) is 0 Å². The van der Waals surface area contributed by atoms with Crippen LogP contribution in [0.25, 0.3) is 0 Å². The summed E-state index contributed by atoms with van der Waals surface area (Å²) in [7, 11) is 2.24. The molecule has 0 N–H and O–H groups in total. The van der Waals surface area contributed by atoms with E-state index in [4.69, 9.17) is 4.74 Å². The first-order chi connectivity index (χ1) is 14.6. The molecule has 3 rings (SSSR count). The van der Waals surface area contributed by atoms with Crippen molar-refractivity contribution in [1.82, 2.24) is 4.90 Å². The Bertz CT molecular complexity index is 712. The highest BCUT2D eigenvalue weighted by molar-refractivity contribution is 5.47. The summed E-state index contributed by atoms with van der Waals surface area (Å²) >= 11 is 0. The Balaban J connectivity index is 2.07. The monoisotopic (exact) mass is 407 g/mol. The summed E-state index contributed by atoms with van der Waals surface area (Å²) in [5.41, 5.74) is 8.62. The first-order valence-electron chi connectivity index (χ1n) is 12.1. The predicted molar refractivity (Wildman–Crippen MR) is 128 cm³/mol. The summed E-state index contributed by atoms with van der Waals surface area (Å²) < 4.78 is 6.95. The molecule has 2 aromatic carbocycles. The molecule has 0 aliphatic carbocycles. The Hall–Kier alpha value is -1.64. The summed E-state index contributed by atoms with van der Waals surface area (Å²) in [6, 6.07) is 13.7. The number of benzene rings is 2. The molecule has 2 aromatic rings. The lowest BCUT2D eigenvalue weighted by Gasteiger charge is -2.33. The van der Waals surface area contributed by atoms with Crippen LogP contribution in [0.5, 0.6) is 0 Å². The third kappa shape index (κ3) is 5.15. The zero-order valence-corrected chi connectivity index (χ0v) is 19.8. The third-order valence-electron chi connectivity index (χ3n) is 6.84. The van der Waals surface area contributed by atoms with Gasteiger partial charge in [-0.1, -0.05) is 64.1 Å². The lowest BCUT2D eigenvalue weighted by atomic mass is 9.84. The average Bonchev–Trinajstić information content (AvgIpc) is 2.79. The van der Waals surface area contributed by atoms with Gasteiger partial charge in [-0.25, -0.2) is 0 Å². The molecule has 2 nitrogen and oxygen atoms in total. The van der Waals surface area contributed by atoms with Crippen molar-refractivity contribution < 1.29 is 4.74 Å². The molecule has 1 atom stereocenters. The minimum atomic E-state index is 0.0365. The van der Waals surface area contributed by atoms with E-state index in [-0.39, 0.29) is 6.10 Å². The molecule has 0 bridgehead atoms. The normalized spacial score (nSPS) is 17.6. The lowest BCUT2D eigenvalue weighted by Crippen LogP contribution is -2.34. The van der Waals surface area contributed by atoms with E-state index in [1.165, 1.54) is 52.8 Å². The van der Waals surface area contributed by atoms with E-state index in [2.05, 4.69) is 76.0 Å². The van der Waals surface area contributed by atoms with Gasteiger partial charge in [0.15, 0.2) is 0 Å². The van der Waals surface area contributed by atoms with Gasteiger partial charge < -0.3 is 9.64 Å². The van der Waals surface area contributed by atoms with Gasteiger partial charge in [-0.15, -0.1) is 0 Å². The fourth-order valence-electron chi connectivity index (χ4n) is 5.19. The van der Waals surface area contributed by atoms with E-state index in [0.717, 1.165) is 38.8 Å². The van der Waals surface area contributed by atoms with Crippen molar-refractivity contribution in [2.45, 2.75) is 72.3 Å². The van der Waals surface area contributed by atoms with Crippen molar-refractivity contribution in [3.05, 3.63) is 69.8 Å². The number of nitrogens with zero attached hydrogens (tertiary/aromatic N) is 1. The minimum Gasteiger partial charge on any atom is -0.368 e. The van der Waals surface area contributed by atoms with Crippen molar-refractivity contribution in [2.24, 2.45) is 5.92 Å². The number of hydrogen-bond acceptors (Lipinski definition) is 2. The van der Waals surface area contributed by atoms with Crippen molar-refractivity contribution in [3.8, 4) is 0 Å². The number of piperidine rings is 1. The molecule has 30 heavy (non-hydrogen) atoms. The van der Waals surface area contributed by atoms with Crippen LogP contribution in [0.3, 0.4) is 0 Å². The van der Waals surface area contributed by atoms with Gasteiger partial charge in [-0.05, 0) is 91.4 Å². The Labute approximate surface area is 184 Å². The van der Waals surface area contributed by atoms with Crippen molar-refractivity contribution in [3.63, 3.8) is 0 Å². The number of hydrogen-bond donors (Lipinski definition) is 0. The van der Waals surface area contributed by atoms with Crippen LogP contribution in [0.1, 0.15) is 80.0 Å². The highest BCUT2D eigenvalue weighted by Crippen LogP contribution is 2.37. The molecule has 0 saturated carbocycles. The predicted octanol–water partition coefficient (Wildman–Crippen LogP) is 6.38. The van der Waals surface area contributed by atoms with Crippen molar-refractivity contribution in [1.29, 1.82) is 0 Å². The standard InChI is InChI=1S/C28H41NO/c1-6-22-14-10-15-23(7-2)26(22)28(30-20-21-13-12-18-29(5)19-21)27-24(8-3)16-11-17-25(27)9-4/h10-11,14-17,21,28H,6-9,12-13,18-20H2,1-5H3/t21-/m1/s1. The molecule has 1 heterocycles. The second kappa shape index (κ2) is 11.1. The maximum Gasteiger partial charge on any atom is 0.109 e. The van der Waals surface area contributed by atoms with Gasteiger partial charge >= 0.3 is 0 Å². The van der Waals surface area contributed by atoms with E-state index in [1.807, 2.05) is 0 Å². The summed E-state index contributed by atoms with van der Waals surface area (Å²) in [6.45, 7) is 12.3. The molecule has 2 heteroatoms. The summed E-state index contributed by atoms with van der Waals surface area (Å²) in [6.07, 6.45) is 6.79. The summed E-state index contributed by atoms with van der Waals surface area (Å²) in [5, 5.41) is 0. The molecule has 0 spiro atoms. The molecule has 1 aliphatic heterocycles. The molecule has 1 aliphatic rings. The van der Waals surface area contributed by atoms with Gasteiger partial charge in [0.1, 0.15) is 6.10 Å². The number of ether oxygens (including phenoxy) is 1. The second-order valence-corrected chi connectivity index (χ2v) is 8.88. The Morgan fingerprint density at radius 1 is 0.833 bits per heavy atom. The zero-order valence-electron chi connectivity index (χ0n) is 19.8. The van der Waals surface area contributed by atoms with Crippen LogP contribution < -0.4 is 0 Å². The van der Waals surface area contributed by atoms with Gasteiger partial charge in [0.2, 0.25) is 0 Å². The van der Waals surface area contributed by atoms with Gasteiger partial charge in [-0.2, -0.15) is 0 Å². The van der Waals surface area contributed by atoms with Gasteiger partial charge in [-0.3, -0.25) is 0 Å². The molecule has 0 aromatic heterocycles. The fraction of sp³-hybridized carbons (Fsp3) is 0.571. The largest absolute Gasteiger partial charge is 0.368 e. The van der Waals surface area contributed by atoms with E-state index >= 15 is 0 Å². The highest BCUT2D eigenvalue weighted by atomic mass is 16.5. The molecule has 0 amide bonds. The molecule has 1 saturated heterocycles. The van der Waals surface area contributed by atoms with Crippen LogP contribution in [-0.4, -0.2) is 31.6 Å². The molecular weight excluding hydrogens is 366 g/mol. The van der Waals surface area contributed by atoms with E-state index in [0.29, 0.717) is 5.92 Å². The van der Waals surface area contributed by atoms with Crippen LogP contribution >= 0.6 is 0 Å². The second-order valence-electron chi connectivity index (χ2n) is 8.88. The van der Waals surface area contributed by atoms with Gasteiger partial charge in [0, 0.05) is 6.54 Å². The molecular formula is C28H41NO. The fourth-order valence-corrected chi connectivity index (χ4v) is 5.19. The quantitative estimate of drug-likeness (QED) is 0.478. The van der Waals surface area contributed by atoms with Crippen LogP contribution in [0.4, 0.5) is 0 Å². The van der Waals surface area contributed by atoms with E-state index in [1.54, 1.807) is 0 Å². The van der Waals surface area contributed by atoms with Crippen molar-refractivity contribution >= 4 is 0 Å². The average molecular weight is 408 g/mol. The molecule has 0 radical (unpaired) electrons. The van der Waals surface area contributed by atoms with Crippen molar-refractivity contribution in [2.75, 3.05) is 26.7 Å². The van der Waals surface area contributed by atoms with Crippen LogP contribution in [0, 0.1) is 5.92 Å².